The van der Waals surface area contributed by atoms with E-state index in [-0.39, 0.29) is 5.91 Å². The molecule has 5 heteroatoms. The molecule has 0 spiro atoms. The first-order valence-corrected chi connectivity index (χ1v) is 10.4. The number of nitrogens with one attached hydrogen (secondary N) is 1. The van der Waals surface area contributed by atoms with E-state index in [0.29, 0.717) is 33.7 Å². The summed E-state index contributed by atoms with van der Waals surface area (Å²) < 4.78 is 11.7. The molecule has 1 amide bonds. The van der Waals surface area contributed by atoms with Gasteiger partial charge in [-0.2, -0.15) is 0 Å². The molecule has 0 saturated carbocycles. The summed E-state index contributed by atoms with van der Waals surface area (Å²) in [5.74, 6) is 0.187. The van der Waals surface area contributed by atoms with Crippen molar-refractivity contribution in [1.29, 1.82) is 0 Å². The molecule has 3 aromatic carbocycles. The molecule has 0 unspecified atom stereocenters. The van der Waals surface area contributed by atoms with Crippen molar-refractivity contribution in [1.82, 2.24) is 0 Å². The van der Waals surface area contributed by atoms with Gasteiger partial charge in [0.25, 0.3) is 5.91 Å². The Morgan fingerprint density at radius 3 is 2.38 bits per heavy atom. The molecule has 0 atom stereocenters. The summed E-state index contributed by atoms with van der Waals surface area (Å²) in [5.41, 5.74) is 5.11. The quantitative estimate of drug-likeness (QED) is 0.342. The molecule has 5 nitrogen and oxygen atoms in total. The predicted molar refractivity (Wildman–Crippen MR) is 126 cm³/mol. The average Bonchev–Trinajstić information content (AvgIpc) is 3.12. The van der Waals surface area contributed by atoms with Crippen LogP contribution in [0.15, 0.2) is 80.4 Å². The van der Waals surface area contributed by atoms with Gasteiger partial charge < -0.3 is 14.2 Å². The summed E-state index contributed by atoms with van der Waals surface area (Å²) in [5, 5.41) is 4.55. The molecule has 0 bridgehead atoms. The first kappa shape index (κ1) is 19.8. The van der Waals surface area contributed by atoms with E-state index in [1.807, 2.05) is 75.4 Å². The highest BCUT2D eigenvalue weighted by molar-refractivity contribution is 6.13. The number of hydrogen-bond donors (Lipinski definition) is 1. The zero-order valence-corrected chi connectivity index (χ0v) is 18.0. The van der Waals surface area contributed by atoms with Gasteiger partial charge >= 0.3 is 5.63 Å². The summed E-state index contributed by atoms with van der Waals surface area (Å²) >= 11 is 0. The van der Waals surface area contributed by atoms with E-state index in [2.05, 4.69) is 5.32 Å². The van der Waals surface area contributed by atoms with Crippen LogP contribution >= 0.6 is 0 Å². The van der Waals surface area contributed by atoms with Crippen molar-refractivity contribution < 1.29 is 13.6 Å². The molecule has 158 valence electrons. The fourth-order valence-electron chi connectivity index (χ4n) is 4.17. The van der Waals surface area contributed by atoms with Crippen LogP contribution in [-0.2, 0) is 0 Å². The highest BCUT2D eigenvalue weighted by Gasteiger charge is 2.22. The Bertz CT molecular complexity index is 1570. The number of aryl methyl sites for hydroxylation is 3. The maximum atomic E-state index is 13.2. The molecular formula is C27H21NO4. The van der Waals surface area contributed by atoms with Crippen molar-refractivity contribution in [2.45, 2.75) is 20.8 Å². The van der Waals surface area contributed by atoms with Crippen LogP contribution in [0.3, 0.4) is 0 Å². The van der Waals surface area contributed by atoms with Gasteiger partial charge in [0.2, 0.25) is 0 Å². The largest absolute Gasteiger partial charge is 0.454 e. The molecule has 0 aliphatic heterocycles. The molecule has 5 aromatic rings. The van der Waals surface area contributed by atoms with E-state index in [0.717, 1.165) is 27.5 Å². The molecule has 0 aliphatic rings. The zero-order chi connectivity index (χ0) is 22.4. The monoisotopic (exact) mass is 423 g/mol. The van der Waals surface area contributed by atoms with Crippen LogP contribution in [0.2, 0.25) is 0 Å². The zero-order valence-electron chi connectivity index (χ0n) is 18.0. The number of fused-ring (bicyclic) bond motifs is 2. The first-order chi connectivity index (χ1) is 15.4. The number of anilines is 1. The van der Waals surface area contributed by atoms with Crippen LogP contribution in [0.1, 0.15) is 27.0 Å². The van der Waals surface area contributed by atoms with E-state index in [1.54, 1.807) is 6.07 Å². The minimum absolute atomic E-state index is 0.240. The van der Waals surface area contributed by atoms with Crippen LogP contribution in [0.4, 0.5) is 5.69 Å². The van der Waals surface area contributed by atoms with Crippen LogP contribution < -0.4 is 10.9 Å². The van der Waals surface area contributed by atoms with E-state index >= 15 is 0 Å². The Morgan fingerprint density at radius 2 is 1.56 bits per heavy atom. The Balaban J connectivity index is 1.77. The molecule has 2 aromatic heterocycles. The number of amides is 1. The highest BCUT2D eigenvalue weighted by atomic mass is 16.4. The van der Waals surface area contributed by atoms with Crippen molar-refractivity contribution in [2.75, 3.05) is 5.32 Å². The second kappa shape index (κ2) is 7.54. The Labute approximate surface area is 184 Å². The molecule has 0 saturated heterocycles. The Morgan fingerprint density at radius 1 is 0.812 bits per heavy atom. The fraction of sp³-hybridized carbons (Fsp3) is 0.111. The lowest BCUT2D eigenvalue weighted by Crippen LogP contribution is -2.13. The molecule has 5 rings (SSSR count). The highest BCUT2D eigenvalue weighted by Crippen LogP contribution is 2.41. The van der Waals surface area contributed by atoms with Gasteiger partial charge in [-0.25, -0.2) is 4.79 Å². The number of furan rings is 1. The normalized spacial score (nSPS) is 11.2. The second-order valence-electron chi connectivity index (χ2n) is 8.01. The fourth-order valence-corrected chi connectivity index (χ4v) is 4.17. The summed E-state index contributed by atoms with van der Waals surface area (Å²) in [6.45, 7) is 5.78. The van der Waals surface area contributed by atoms with Gasteiger partial charge in [0, 0.05) is 28.0 Å². The Kier molecular flexibility index (Phi) is 4.67. The molecule has 0 radical (unpaired) electrons. The first-order valence-electron chi connectivity index (χ1n) is 10.4. The van der Waals surface area contributed by atoms with Gasteiger partial charge in [-0.3, -0.25) is 4.79 Å². The number of hydrogen-bond acceptors (Lipinski definition) is 4. The van der Waals surface area contributed by atoms with E-state index < -0.39 is 5.63 Å². The van der Waals surface area contributed by atoms with Gasteiger partial charge in [0.1, 0.15) is 11.2 Å². The maximum absolute atomic E-state index is 13.2. The standard InChI is InChI=1S/C27H21NO4/c1-15-12-17(3)25-20(13-15)21(14-23(29)32-25)26-24(19-10-6-7-11-22(19)31-26)28-27(30)18-9-5-4-8-16(18)2/h4-14H,1-3H3,(H,28,30). The summed E-state index contributed by atoms with van der Waals surface area (Å²) in [4.78, 5) is 25.6. The number of para-hydroxylation sites is 1. The van der Waals surface area contributed by atoms with Crippen LogP contribution in [0.25, 0.3) is 33.3 Å². The lowest BCUT2D eigenvalue weighted by Gasteiger charge is -2.11. The van der Waals surface area contributed by atoms with Gasteiger partial charge in [-0.15, -0.1) is 0 Å². The van der Waals surface area contributed by atoms with Crippen molar-refractivity contribution in [3.63, 3.8) is 0 Å². The molecule has 32 heavy (non-hydrogen) atoms. The van der Waals surface area contributed by atoms with Crippen molar-refractivity contribution in [3.05, 3.63) is 99.4 Å². The third-order valence-corrected chi connectivity index (χ3v) is 5.64. The van der Waals surface area contributed by atoms with Gasteiger partial charge in [-0.1, -0.05) is 36.4 Å². The smallest absolute Gasteiger partial charge is 0.336 e. The number of benzene rings is 3. The summed E-state index contributed by atoms with van der Waals surface area (Å²) in [7, 11) is 0. The van der Waals surface area contributed by atoms with E-state index in [9.17, 15) is 9.59 Å². The van der Waals surface area contributed by atoms with Gasteiger partial charge in [-0.05, 0) is 61.7 Å². The third-order valence-electron chi connectivity index (χ3n) is 5.64. The molecule has 0 fully saturated rings. The third kappa shape index (κ3) is 3.28. The van der Waals surface area contributed by atoms with Crippen LogP contribution in [0, 0.1) is 20.8 Å². The van der Waals surface area contributed by atoms with Crippen LogP contribution in [0.5, 0.6) is 0 Å². The van der Waals surface area contributed by atoms with Crippen LogP contribution in [-0.4, -0.2) is 5.91 Å². The van der Waals surface area contributed by atoms with Gasteiger partial charge in [0.15, 0.2) is 5.76 Å². The van der Waals surface area contributed by atoms with Gasteiger partial charge in [0.05, 0.1) is 5.69 Å². The average molecular weight is 423 g/mol. The lowest BCUT2D eigenvalue weighted by molar-refractivity contribution is 0.102. The van der Waals surface area contributed by atoms with E-state index in [4.69, 9.17) is 8.83 Å². The van der Waals surface area contributed by atoms with E-state index in [1.165, 1.54) is 6.07 Å². The SMILES string of the molecule is Cc1cc(C)c2oc(=O)cc(-c3oc4ccccc4c3NC(=O)c3ccccc3C)c2c1. The number of rotatable bonds is 3. The molecular weight excluding hydrogens is 402 g/mol. The molecule has 1 N–H and O–H groups in total. The predicted octanol–water partition coefficient (Wildman–Crippen LogP) is 6.38. The van der Waals surface area contributed by atoms with Crippen molar-refractivity contribution in [3.8, 4) is 11.3 Å². The van der Waals surface area contributed by atoms with Crippen molar-refractivity contribution in [2.24, 2.45) is 0 Å². The topological polar surface area (TPSA) is 72.5 Å². The second-order valence-corrected chi connectivity index (χ2v) is 8.01. The van der Waals surface area contributed by atoms with Crippen molar-refractivity contribution >= 4 is 33.5 Å². The molecule has 0 aliphatic carbocycles. The number of carbonyl (C=O) groups is 1. The minimum Gasteiger partial charge on any atom is -0.454 e. The molecule has 2 heterocycles. The minimum atomic E-state index is -0.476. The maximum Gasteiger partial charge on any atom is 0.336 e. The Hall–Kier alpha value is -4.12. The number of carbonyl (C=O) groups excluding carboxylic acids is 1. The summed E-state index contributed by atoms with van der Waals surface area (Å²) in [6, 6.07) is 20.2. The lowest BCUT2D eigenvalue weighted by atomic mass is 10.0. The summed E-state index contributed by atoms with van der Waals surface area (Å²) in [6.07, 6.45) is 0.